The zero-order chi connectivity index (χ0) is 18.0. The van der Waals surface area contributed by atoms with Crippen LogP contribution in [0.1, 0.15) is 31.2 Å². The van der Waals surface area contributed by atoms with Crippen molar-refractivity contribution in [3.05, 3.63) is 35.9 Å². The van der Waals surface area contributed by atoms with E-state index < -0.39 is 11.9 Å². The van der Waals surface area contributed by atoms with Gasteiger partial charge in [0.15, 0.2) is 5.79 Å². The third-order valence-electron chi connectivity index (χ3n) is 6.18. The van der Waals surface area contributed by atoms with Crippen LogP contribution in [0.4, 0.5) is 4.79 Å². The van der Waals surface area contributed by atoms with E-state index in [1.165, 1.54) is 5.56 Å². The Bertz CT molecular complexity index is 616. The molecule has 1 heterocycles. The third-order valence-corrected chi connectivity index (χ3v) is 6.18. The second-order valence-corrected chi connectivity index (χ2v) is 7.70. The molecule has 0 bridgehead atoms. The van der Waals surface area contributed by atoms with E-state index in [1.807, 2.05) is 18.2 Å². The minimum Gasteiger partial charge on any atom is -0.465 e. The highest BCUT2D eigenvalue weighted by Gasteiger charge is 2.58. The van der Waals surface area contributed by atoms with Crippen LogP contribution in [0.2, 0.25) is 0 Å². The van der Waals surface area contributed by atoms with Gasteiger partial charge in [-0.2, -0.15) is 0 Å². The van der Waals surface area contributed by atoms with Crippen LogP contribution in [0.5, 0.6) is 0 Å². The summed E-state index contributed by atoms with van der Waals surface area (Å²) in [6, 6.07) is 10.2. The fourth-order valence-corrected chi connectivity index (χ4v) is 5.13. The molecule has 142 valence electrons. The average molecular weight is 361 g/mol. The van der Waals surface area contributed by atoms with Gasteiger partial charge in [0.25, 0.3) is 0 Å². The Morgan fingerprint density at radius 3 is 2.73 bits per heavy atom. The van der Waals surface area contributed by atoms with Crippen molar-refractivity contribution in [1.82, 2.24) is 5.32 Å². The SMILES string of the molecule is O=C(O)NC1CC[C@@H]2[C@@H](C1)CC1(OCCO1)[C@H]2COCc1ccccc1. The zero-order valence-corrected chi connectivity index (χ0v) is 14.9. The summed E-state index contributed by atoms with van der Waals surface area (Å²) in [7, 11) is 0. The molecule has 1 saturated heterocycles. The first kappa shape index (κ1) is 17.8. The van der Waals surface area contributed by atoms with E-state index in [4.69, 9.17) is 19.3 Å². The van der Waals surface area contributed by atoms with Gasteiger partial charge in [0.2, 0.25) is 0 Å². The molecule has 0 radical (unpaired) electrons. The number of ether oxygens (including phenoxy) is 3. The molecule has 6 heteroatoms. The largest absolute Gasteiger partial charge is 0.465 e. The molecular formula is C20H27NO5. The minimum atomic E-state index is -0.933. The fraction of sp³-hybridized carbons (Fsp3) is 0.650. The molecule has 3 aliphatic rings. The molecule has 26 heavy (non-hydrogen) atoms. The molecule has 4 rings (SSSR count). The number of carbonyl (C=O) groups is 1. The van der Waals surface area contributed by atoms with Gasteiger partial charge in [-0.25, -0.2) is 4.79 Å². The number of carboxylic acid groups (broad SMARTS) is 1. The molecule has 4 atom stereocenters. The van der Waals surface area contributed by atoms with Crippen LogP contribution in [0.25, 0.3) is 0 Å². The van der Waals surface area contributed by atoms with Crippen LogP contribution in [0, 0.1) is 17.8 Å². The number of hydrogen-bond acceptors (Lipinski definition) is 4. The van der Waals surface area contributed by atoms with Crippen LogP contribution in [0.3, 0.4) is 0 Å². The lowest BCUT2D eigenvalue weighted by Crippen LogP contribution is -2.41. The van der Waals surface area contributed by atoms with Gasteiger partial charge >= 0.3 is 6.09 Å². The summed E-state index contributed by atoms with van der Waals surface area (Å²) in [6.07, 6.45) is 2.63. The molecule has 2 aliphatic carbocycles. The van der Waals surface area contributed by atoms with Gasteiger partial charge in [-0.05, 0) is 36.7 Å². The summed E-state index contributed by atoms with van der Waals surface area (Å²) < 4.78 is 18.2. The van der Waals surface area contributed by atoms with Crippen molar-refractivity contribution in [2.75, 3.05) is 19.8 Å². The monoisotopic (exact) mass is 361 g/mol. The highest BCUT2D eigenvalue weighted by molar-refractivity contribution is 5.64. The molecule has 0 aromatic heterocycles. The second-order valence-electron chi connectivity index (χ2n) is 7.70. The summed E-state index contributed by atoms with van der Waals surface area (Å²) in [5.41, 5.74) is 1.17. The smallest absolute Gasteiger partial charge is 0.404 e. The van der Waals surface area contributed by atoms with Crippen molar-refractivity contribution in [2.45, 2.75) is 44.1 Å². The van der Waals surface area contributed by atoms with E-state index in [2.05, 4.69) is 17.4 Å². The molecule has 1 aromatic rings. The van der Waals surface area contributed by atoms with E-state index >= 15 is 0 Å². The summed E-state index contributed by atoms with van der Waals surface area (Å²) in [5, 5.41) is 11.7. The standard InChI is InChI=1S/C20H27NO5/c22-19(23)21-16-6-7-17-15(10-16)11-20(25-8-9-26-20)18(17)13-24-12-14-4-2-1-3-5-14/h1-5,15-18,21H,6-13H2,(H,22,23)/t15-,16?,17+,18-/m0/s1. The highest BCUT2D eigenvalue weighted by atomic mass is 16.7. The Hall–Kier alpha value is -1.63. The van der Waals surface area contributed by atoms with Gasteiger partial charge in [-0.1, -0.05) is 30.3 Å². The number of nitrogens with one attached hydrogen (secondary N) is 1. The van der Waals surface area contributed by atoms with Crippen molar-refractivity contribution in [3.8, 4) is 0 Å². The van der Waals surface area contributed by atoms with Crippen molar-refractivity contribution in [3.63, 3.8) is 0 Å². The molecule has 1 unspecified atom stereocenters. The van der Waals surface area contributed by atoms with Crippen LogP contribution >= 0.6 is 0 Å². The second kappa shape index (κ2) is 7.55. The van der Waals surface area contributed by atoms with E-state index in [0.717, 1.165) is 25.7 Å². The van der Waals surface area contributed by atoms with Gasteiger partial charge in [0.05, 0.1) is 26.4 Å². The van der Waals surface area contributed by atoms with E-state index in [-0.39, 0.29) is 12.0 Å². The lowest BCUT2D eigenvalue weighted by Gasteiger charge is -2.35. The topological polar surface area (TPSA) is 77.0 Å². The quantitative estimate of drug-likeness (QED) is 0.843. The number of rotatable bonds is 5. The zero-order valence-electron chi connectivity index (χ0n) is 14.9. The predicted molar refractivity (Wildman–Crippen MR) is 94.6 cm³/mol. The van der Waals surface area contributed by atoms with Crippen molar-refractivity contribution in [1.29, 1.82) is 0 Å². The first-order valence-electron chi connectivity index (χ1n) is 9.55. The molecule has 6 nitrogen and oxygen atoms in total. The lowest BCUT2D eigenvalue weighted by atomic mass is 9.76. The summed E-state index contributed by atoms with van der Waals surface area (Å²) in [4.78, 5) is 11.0. The molecule has 3 fully saturated rings. The van der Waals surface area contributed by atoms with Crippen molar-refractivity contribution >= 4 is 6.09 Å². The molecule has 2 N–H and O–H groups in total. The maximum atomic E-state index is 11.0. The summed E-state index contributed by atoms with van der Waals surface area (Å²) >= 11 is 0. The van der Waals surface area contributed by atoms with Crippen LogP contribution in [0.15, 0.2) is 30.3 Å². The molecule has 1 amide bonds. The molecule has 1 aliphatic heterocycles. The van der Waals surface area contributed by atoms with Gasteiger partial charge in [0.1, 0.15) is 0 Å². The lowest BCUT2D eigenvalue weighted by molar-refractivity contribution is -0.198. The van der Waals surface area contributed by atoms with Crippen LogP contribution < -0.4 is 5.32 Å². The summed E-state index contributed by atoms with van der Waals surface area (Å²) in [6.45, 7) is 2.47. The van der Waals surface area contributed by atoms with Crippen LogP contribution in [-0.4, -0.2) is 42.8 Å². The van der Waals surface area contributed by atoms with Gasteiger partial charge in [-0.15, -0.1) is 0 Å². The number of benzene rings is 1. The number of amides is 1. The number of hydrogen-bond donors (Lipinski definition) is 2. The predicted octanol–water partition coefficient (Wildman–Crippen LogP) is 3.02. The first-order chi connectivity index (χ1) is 12.7. The van der Waals surface area contributed by atoms with Crippen molar-refractivity contribution in [2.24, 2.45) is 17.8 Å². The molecular weight excluding hydrogens is 334 g/mol. The fourth-order valence-electron chi connectivity index (χ4n) is 5.13. The normalized spacial score (nSPS) is 32.5. The van der Waals surface area contributed by atoms with Gasteiger partial charge in [-0.3, -0.25) is 0 Å². The summed E-state index contributed by atoms with van der Waals surface area (Å²) in [5.74, 6) is 0.564. The van der Waals surface area contributed by atoms with Crippen LogP contribution in [-0.2, 0) is 20.8 Å². The first-order valence-corrected chi connectivity index (χ1v) is 9.55. The Balaban J connectivity index is 1.41. The van der Waals surface area contributed by atoms with Gasteiger partial charge < -0.3 is 24.6 Å². The van der Waals surface area contributed by atoms with Gasteiger partial charge in [0, 0.05) is 18.4 Å². The Morgan fingerprint density at radius 1 is 1.23 bits per heavy atom. The molecule has 2 saturated carbocycles. The highest BCUT2D eigenvalue weighted by Crippen LogP contribution is 2.54. The Kier molecular flexibility index (Phi) is 5.16. The minimum absolute atomic E-state index is 0.0381. The Labute approximate surface area is 153 Å². The molecule has 1 spiro atoms. The van der Waals surface area contributed by atoms with E-state index in [9.17, 15) is 4.79 Å². The third kappa shape index (κ3) is 3.59. The maximum absolute atomic E-state index is 11.0. The maximum Gasteiger partial charge on any atom is 0.404 e. The average Bonchev–Trinajstić information content (AvgIpc) is 3.20. The van der Waals surface area contributed by atoms with E-state index in [1.54, 1.807) is 0 Å². The van der Waals surface area contributed by atoms with Crippen molar-refractivity contribution < 1.29 is 24.1 Å². The molecule has 1 aromatic carbocycles. The number of fused-ring (bicyclic) bond motifs is 1. The Morgan fingerprint density at radius 2 is 2.00 bits per heavy atom. The van der Waals surface area contributed by atoms with E-state index in [0.29, 0.717) is 38.3 Å².